The Morgan fingerprint density at radius 1 is 1.40 bits per heavy atom. The Bertz CT molecular complexity index is 597. The van der Waals surface area contributed by atoms with Crippen LogP contribution in [0.25, 0.3) is 0 Å². The van der Waals surface area contributed by atoms with Crippen molar-refractivity contribution in [3.63, 3.8) is 0 Å². The number of halogens is 1. The molecule has 0 bridgehead atoms. The van der Waals surface area contributed by atoms with Crippen molar-refractivity contribution in [2.45, 2.75) is 13.0 Å². The van der Waals surface area contributed by atoms with Gasteiger partial charge in [0, 0.05) is 12.1 Å². The summed E-state index contributed by atoms with van der Waals surface area (Å²) in [6.07, 6.45) is 0. The lowest BCUT2D eigenvalue weighted by Crippen LogP contribution is -2.33. The third kappa shape index (κ3) is 2.18. The van der Waals surface area contributed by atoms with Gasteiger partial charge >= 0.3 is 0 Å². The van der Waals surface area contributed by atoms with E-state index < -0.39 is 29.3 Å². The molecule has 1 aliphatic heterocycles. The second kappa shape index (κ2) is 5.42. The van der Waals surface area contributed by atoms with E-state index in [1.54, 1.807) is 6.07 Å². The summed E-state index contributed by atoms with van der Waals surface area (Å²) in [5.74, 6) is -2.55. The Morgan fingerprint density at radius 3 is 2.60 bits per heavy atom. The van der Waals surface area contributed by atoms with Crippen LogP contribution in [-0.4, -0.2) is 40.0 Å². The van der Waals surface area contributed by atoms with Crippen molar-refractivity contribution < 1.29 is 24.2 Å². The van der Waals surface area contributed by atoms with Gasteiger partial charge in [0.1, 0.15) is 5.82 Å². The van der Waals surface area contributed by atoms with Crippen LogP contribution in [0.2, 0.25) is 0 Å². The lowest BCUT2D eigenvalue weighted by atomic mass is 9.96. The fourth-order valence-corrected chi connectivity index (χ4v) is 2.37. The van der Waals surface area contributed by atoms with Gasteiger partial charge in [-0.05, 0) is 13.0 Å². The number of carbonyl (C=O) groups excluding carboxylic acids is 2. The van der Waals surface area contributed by atoms with Gasteiger partial charge in [-0.25, -0.2) is 4.39 Å². The zero-order valence-electron chi connectivity index (χ0n) is 10.8. The van der Waals surface area contributed by atoms with E-state index in [4.69, 9.17) is 5.11 Å². The fourth-order valence-electron chi connectivity index (χ4n) is 2.37. The Labute approximate surface area is 114 Å². The second-order valence-electron chi connectivity index (χ2n) is 4.46. The standard InChI is InChI=1S/C14H14FNO4/c1-8(18)11-12(9-4-2-3-5-10(9)15)16(6-7-17)14(20)13(11)19/h2-5,12,17,19H,6-7H2,1H3/t12-/m1/s1. The van der Waals surface area contributed by atoms with Gasteiger partial charge in [0.05, 0.1) is 18.2 Å². The SMILES string of the molecule is CC(=O)C1=C(O)C(=O)N(CCO)[C@@H]1c1ccccc1F. The van der Waals surface area contributed by atoms with Crippen LogP contribution in [0.5, 0.6) is 0 Å². The molecule has 1 heterocycles. The molecule has 0 radical (unpaired) electrons. The number of aliphatic hydroxyl groups is 2. The molecule has 1 aliphatic rings. The minimum Gasteiger partial charge on any atom is -0.503 e. The van der Waals surface area contributed by atoms with Crippen LogP contribution in [-0.2, 0) is 9.59 Å². The predicted octanol–water partition coefficient (Wildman–Crippen LogP) is 1.10. The van der Waals surface area contributed by atoms with Crippen molar-refractivity contribution in [1.82, 2.24) is 4.90 Å². The minimum atomic E-state index is -1.01. The van der Waals surface area contributed by atoms with E-state index in [0.717, 1.165) is 4.90 Å². The molecule has 2 rings (SSSR count). The van der Waals surface area contributed by atoms with Crippen LogP contribution >= 0.6 is 0 Å². The summed E-state index contributed by atoms with van der Waals surface area (Å²) in [6.45, 7) is 0.753. The highest BCUT2D eigenvalue weighted by atomic mass is 19.1. The number of benzene rings is 1. The van der Waals surface area contributed by atoms with Crippen LogP contribution < -0.4 is 0 Å². The molecule has 1 aromatic carbocycles. The molecular weight excluding hydrogens is 265 g/mol. The highest BCUT2D eigenvalue weighted by molar-refractivity contribution is 6.08. The van der Waals surface area contributed by atoms with Gasteiger partial charge in [-0.1, -0.05) is 18.2 Å². The van der Waals surface area contributed by atoms with E-state index in [2.05, 4.69) is 0 Å². The van der Waals surface area contributed by atoms with Crippen molar-refractivity contribution in [3.8, 4) is 0 Å². The van der Waals surface area contributed by atoms with E-state index in [9.17, 15) is 19.1 Å². The molecule has 2 N–H and O–H groups in total. The van der Waals surface area contributed by atoms with Gasteiger partial charge in [0.2, 0.25) is 0 Å². The summed E-state index contributed by atoms with van der Waals surface area (Å²) in [5.41, 5.74) is -0.0305. The number of amides is 1. The van der Waals surface area contributed by atoms with Gasteiger partial charge in [0.15, 0.2) is 11.5 Å². The molecular formula is C14H14FNO4. The van der Waals surface area contributed by atoms with Crippen LogP contribution in [0, 0.1) is 5.82 Å². The summed E-state index contributed by atoms with van der Waals surface area (Å²) in [5, 5.41) is 18.8. The summed E-state index contributed by atoms with van der Waals surface area (Å²) < 4.78 is 13.9. The average Bonchev–Trinajstić information content (AvgIpc) is 2.65. The number of nitrogens with zero attached hydrogens (tertiary/aromatic N) is 1. The third-order valence-electron chi connectivity index (χ3n) is 3.22. The normalized spacial score (nSPS) is 18.9. The van der Waals surface area contributed by atoms with Crippen molar-refractivity contribution in [2.24, 2.45) is 0 Å². The van der Waals surface area contributed by atoms with Crippen LogP contribution in [0.4, 0.5) is 4.39 Å². The van der Waals surface area contributed by atoms with E-state index >= 15 is 0 Å². The molecule has 0 aromatic heterocycles. The molecule has 0 saturated heterocycles. The molecule has 1 amide bonds. The van der Waals surface area contributed by atoms with Gasteiger partial charge in [-0.2, -0.15) is 0 Å². The maximum absolute atomic E-state index is 13.9. The second-order valence-corrected chi connectivity index (χ2v) is 4.46. The first kappa shape index (κ1) is 14.2. The Balaban J connectivity index is 2.58. The monoisotopic (exact) mass is 279 g/mol. The summed E-state index contributed by atoms with van der Waals surface area (Å²) in [4.78, 5) is 24.7. The van der Waals surface area contributed by atoms with Crippen molar-refractivity contribution in [2.75, 3.05) is 13.2 Å². The summed E-state index contributed by atoms with van der Waals surface area (Å²) in [7, 11) is 0. The predicted molar refractivity (Wildman–Crippen MR) is 68.3 cm³/mol. The fraction of sp³-hybridized carbons (Fsp3) is 0.286. The number of rotatable bonds is 4. The van der Waals surface area contributed by atoms with Gasteiger partial charge in [-0.15, -0.1) is 0 Å². The van der Waals surface area contributed by atoms with Crippen LogP contribution in [0.1, 0.15) is 18.5 Å². The number of hydrogen-bond acceptors (Lipinski definition) is 4. The number of hydrogen-bond donors (Lipinski definition) is 2. The maximum Gasteiger partial charge on any atom is 0.290 e. The highest BCUT2D eigenvalue weighted by Gasteiger charge is 2.42. The lowest BCUT2D eigenvalue weighted by molar-refractivity contribution is -0.129. The largest absolute Gasteiger partial charge is 0.503 e. The molecule has 6 heteroatoms. The zero-order chi connectivity index (χ0) is 14.9. The average molecular weight is 279 g/mol. The molecule has 0 spiro atoms. The topological polar surface area (TPSA) is 77.8 Å². The highest BCUT2D eigenvalue weighted by Crippen LogP contribution is 2.38. The molecule has 0 unspecified atom stereocenters. The minimum absolute atomic E-state index is 0.0985. The van der Waals surface area contributed by atoms with E-state index in [-0.39, 0.29) is 24.3 Å². The van der Waals surface area contributed by atoms with Gasteiger partial charge in [-0.3, -0.25) is 9.59 Å². The Morgan fingerprint density at radius 2 is 2.05 bits per heavy atom. The molecule has 5 nitrogen and oxygen atoms in total. The lowest BCUT2D eigenvalue weighted by Gasteiger charge is -2.26. The van der Waals surface area contributed by atoms with Crippen molar-refractivity contribution in [1.29, 1.82) is 0 Å². The third-order valence-corrected chi connectivity index (χ3v) is 3.22. The first-order valence-electron chi connectivity index (χ1n) is 6.09. The van der Waals surface area contributed by atoms with Crippen LogP contribution in [0.15, 0.2) is 35.6 Å². The quantitative estimate of drug-likeness (QED) is 0.865. The van der Waals surface area contributed by atoms with Crippen LogP contribution in [0.3, 0.4) is 0 Å². The molecule has 0 fully saturated rings. The molecule has 0 saturated carbocycles. The first-order valence-corrected chi connectivity index (χ1v) is 6.09. The maximum atomic E-state index is 13.9. The van der Waals surface area contributed by atoms with Gasteiger partial charge < -0.3 is 15.1 Å². The van der Waals surface area contributed by atoms with E-state index in [1.807, 2.05) is 0 Å². The Hall–Kier alpha value is -2.21. The summed E-state index contributed by atoms with van der Waals surface area (Å²) >= 11 is 0. The molecule has 20 heavy (non-hydrogen) atoms. The van der Waals surface area contributed by atoms with Crippen molar-refractivity contribution in [3.05, 3.63) is 47.0 Å². The van der Waals surface area contributed by atoms with E-state index in [0.29, 0.717) is 0 Å². The van der Waals surface area contributed by atoms with Gasteiger partial charge in [0.25, 0.3) is 5.91 Å². The molecule has 1 aromatic rings. The summed E-state index contributed by atoms with van der Waals surface area (Å²) in [6, 6.07) is 4.72. The van der Waals surface area contributed by atoms with Crippen molar-refractivity contribution >= 4 is 11.7 Å². The number of carbonyl (C=O) groups is 2. The smallest absolute Gasteiger partial charge is 0.290 e. The number of ketones is 1. The molecule has 106 valence electrons. The molecule has 1 atom stereocenters. The van der Waals surface area contributed by atoms with E-state index in [1.165, 1.54) is 25.1 Å². The number of Topliss-reactive ketones (excluding diaryl/α,β-unsaturated/α-hetero) is 1. The Kier molecular flexibility index (Phi) is 3.85. The number of β-amino-alcohol motifs (C(OH)–C–C–N with tert-alkyl or cyclic N) is 1. The zero-order valence-corrected chi connectivity index (χ0v) is 10.8. The first-order chi connectivity index (χ1) is 9.49. The molecule has 0 aliphatic carbocycles. The number of aliphatic hydroxyl groups excluding tert-OH is 2.